The van der Waals surface area contributed by atoms with Gasteiger partial charge in [-0.05, 0) is 25.5 Å². The Morgan fingerprint density at radius 2 is 1.80 bits per heavy atom. The molecule has 82 valence electrons. The van der Waals surface area contributed by atoms with Crippen molar-refractivity contribution in [3.8, 4) is 0 Å². The zero-order chi connectivity index (χ0) is 11.8. The lowest BCUT2D eigenvalue weighted by molar-refractivity contribution is -0.385. The summed E-state index contributed by atoms with van der Waals surface area (Å²) in [7, 11) is -3.91. The van der Waals surface area contributed by atoms with Gasteiger partial charge in [0.1, 0.15) is 0 Å². The molecule has 0 unspecified atom stereocenters. The lowest BCUT2D eigenvalue weighted by atomic mass is 10.1. The maximum Gasteiger partial charge on any atom is 0.273 e. The molecule has 0 aliphatic rings. The van der Waals surface area contributed by atoms with Gasteiger partial charge in [0.2, 0.25) is 10.0 Å². The Morgan fingerprint density at radius 1 is 1.27 bits per heavy atom. The van der Waals surface area contributed by atoms with Crippen LogP contribution in [0.25, 0.3) is 0 Å². The van der Waals surface area contributed by atoms with E-state index < -0.39 is 14.9 Å². The first-order valence-electron chi connectivity index (χ1n) is 4.02. The lowest BCUT2D eigenvalue weighted by Gasteiger charge is -2.04. The topological polar surface area (TPSA) is 103 Å². The smallest absolute Gasteiger partial charge is 0.258 e. The third kappa shape index (κ3) is 2.31. The highest BCUT2D eigenvalue weighted by Gasteiger charge is 2.19. The predicted octanol–water partition coefficient (Wildman–Crippen LogP) is 0.859. The number of nitro benzene ring substituents is 1. The molecule has 0 radical (unpaired) electrons. The summed E-state index contributed by atoms with van der Waals surface area (Å²) in [5.74, 6) is 0. The molecule has 0 saturated carbocycles. The van der Waals surface area contributed by atoms with E-state index >= 15 is 0 Å². The highest BCUT2D eigenvalue weighted by molar-refractivity contribution is 7.89. The van der Waals surface area contributed by atoms with Crippen LogP contribution in [-0.4, -0.2) is 13.3 Å². The number of nitrogens with two attached hydrogens (primary N) is 1. The second kappa shape index (κ2) is 3.59. The number of primary sulfonamides is 1. The largest absolute Gasteiger partial charge is 0.273 e. The summed E-state index contributed by atoms with van der Waals surface area (Å²) in [6.07, 6.45) is 0. The molecule has 1 aromatic carbocycles. The van der Waals surface area contributed by atoms with Gasteiger partial charge in [0.15, 0.2) is 0 Å². The summed E-state index contributed by atoms with van der Waals surface area (Å²) in [5, 5.41) is 15.5. The molecule has 2 N–H and O–H groups in total. The first-order chi connectivity index (χ1) is 6.73. The highest BCUT2D eigenvalue weighted by atomic mass is 32.2. The second-order valence-corrected chi connectivity index (χ2v) is 4.74. The van der Waals surface area contributed by atoms with Crippen LogP contribution >= 0.6 is 0 Å². The van der Waals surface area contributed by atoms with E-state index in [0.717, 1.165) is 6.07 Å². The molecular weight excluding hydrogens is 220 g/mol. The molecule has 0 saturated heterocycles. The van der Waals surface area contributed by atoms with Gasteiger partial charge in [0, 0.05) is 11.6 Å². The SMILES string of the molecule is Cc1cc(C)c(S(N)(=O)=O)cc1[N+](=O)[O-]. The molecule has 0 atom stereocenters. The van der Waals surface area contributed by atoms with Crippen molar-refractivity contribution in [1.82, 2.24) is 0 Å². The summed E-state index contributed by atoms with van der Waals surface area (Å²) in [6.45, 7) is 3.08. The van der Waals surface area contributed by atoms with Crippen molar-refractivity contribution in [2.45, 2.75) is 18.7 Å². The fourth-order valence-corrected chi connectivity index (χ4v) is 2.11. The summed E-state index contributed by atoms with van der Waals surface area (Å²) < 4.78 is 22.2. The zero-order valence-electron chi connectivity index (χ0n) is 8.22. The maximum absolute atomic E-state index is 11.1. The molecule has 0 spiro atoms. The Balaban J connectivity index is 3.58. The number of nitro groups is 1. The molecule has 0 amide bonds. The van der Waals surface area contributed by atoms with Crippen LogP contribution in [0.3, 0.4) is 0 Å². The fraction of sp³-hybridized carbons (Fsp3) is 0.250. The van der Waals surface area contributed by atoms with Crippen molar-refractivity contribution >= 4 is 15.7 Å². The molecule has 1 aromatic rings. The summed E-state index contributed by atoms with van der Waals surface area (Å²) >= 11 is 0. The molecule has 15 heavy (non-hydrogen) atoms. The first-order valence-corrected chi connectivity index (χ1v) is 5.56. The normalized spacial score (nSPS) is 11.4. The van der Waals surface area contributed by atoms with E-state index in [9.17, 15) is 18.5 Å². The molecule has 1 rings (SSSR count). The minimum atomic E-state index is -3.91. The van der Waals surface area contributed by atoms with Crippen LogP contribution in [0.15, 0.2) is 17.0 Å². The van der Waals surface area contributed by atoms with Gasteiger partial charge < -0.3 is 0 Å². The molecule has 6 nitrogen and oxygen atoms in total. The summed E-state index contributed by atoms with van der Waals surface area (Å²) in [4.78, 5) is 9.74. The van der Waals surface area contributed by atoms with E-state index in [4.69, 9.17) is 5.14 Å². The van der Waals surface area contributed by atoms with E-state index in [1.165, 1.54) is 19.9 Å². The Bertz CT molecular complexity index is 522. The molecule has 0 fully saturated rings. The van der Waals surface area contributed by atoms with Gasteiger partial charge in [0.05, 0.1) is 9.82 Å². The Kier molecular flexibility index (Phi) is 2.78. The van der Waals surface area contributed by atoms with Gasteiger partial charge in [-0.2, -0.15) is 0 Å². The van der Waals surface area contributed by atoms with Gasteiger partial charge in [-0.3, -0.25) is 10.1 Å². The van der Waals surface area contributed by atoms with E-state index in [-0.39, 0.29) is 10.6 Å². The lowest BCUT2D eigenvalue weighted by Crippen LogP contribution is -2.14. The maximum atomic E-state index is 11.1. The van der Waals surface area contributed by atoms with Crippen LogP contribution in [0.1, 0.15) is 11.1 Å². The average Bonchev–Trinajstić information content (AvgIpc) is 2.00. The van der Waals surface area contributed by atoms with E-state index in [0.29, 0.717) is 11.1 Å². The van der Waals surface area contributed by atoms with Crippen LogP contribution in [-0.2, 0) is 10.0 Å². The van der Waals surface area contributed by atoms with Crippen molar-refractivity contribution in [3.63, 3.8) is 0 Å². The Morgan fingerprint density at radius 3 is 2.20 bits per heavy atom. The second-order valence-electron chi connectivity index (χ2n) is 3.21. The Labute approximate surface area is 86.9 Å². The zero-order valence-corrected chi connectivity index (χ0v) is 9.04. The molecular formula is C8H10N2O4S. The van der Waals surface area contributed by atoms with Crippen molar-refractivity contribution in [3.05, 3.63) is 33.4 Å². The minimum absolute atomic E-state index is 0.209. The molecule has 0 aliphatic carbocycles. The molecule has 0 aliphatic heterocycles. The van der Waals surface area contributed by atoms with Gasteiger partial charge in [-0.1, -0.05) is 0 Å². The summed E-state index contributed by atoms with van der Waals surface area (Å²) in [5.41, 5.74) is 0.565. The Hall–Kier alpha value is -1.47. The molecule has 0 bridgehead atoms. The standard InChI is InChI=1S/C8H10N2O4S/c1-5-3-6(2)8(15(9,13)14)4-7(5)10(11)12/h3-4H,1-2H3,(H2,9,13,14). The number of hydrogen-bond donors (Lipinski definition) is 1. The molecule has 7 heteroatoms. The van der Waals surface area contributed by atoms with Crippen molar-refractivity contribution in [2.24, 2.45) is 5.14 Å². The van der Waals surface area contributed by atoms with Gasteiger partial charge in [-0.25, -0.2) is 13.6 Å². The van der Waals surface area contributed by atoms with Gasteiger partial charge >= 0.3 is 0 Å². The third-order valence-corrected chi connectivity index (χ3v) is 3.05. The monoisotopic (exact) mass is 230 g/mol. The van der Waals surface area contributed by atoms with Gasteiger partial charge in [-0.15, -0.1) is 0 Å². The van der Waals surface area contributed by atoms with Crippen LogP contribution < -0.4 is 5.14 Å². The van der Waals surface area contributed by atoms with Gasteiger partial charge in [0.25, 0.3) is 5.69 Å². The first kappa shape index (κ1) is 11.6. The van der Waals surface area contributed by atoms with Crippen molar-refractivity contribution in [2.75, 3.05) is 0 Å². The van der Waals surface area contributed by atoms with Crippen LogP contribution in [0.2, 0.25) is 0 Å². The number of benzene rings is 1. The number of hydrogen-bond acceptors (Lipinski definition) is 4. The quantitative estimate of drug-likeness (QED) is 0.601. The van der Waals surface area contributed by atoms with Crippen molar-refractivity contribution < 1.29 is 13.3 Å². The van der Waals surface area contributed by atoms with E-state index in [1.54, 1.807) is 0 Å². The van der Waals surface area contributed by atoms with Crippen LogP contribution in [0.5, 0.6) is 0 Å². The van der Waals surface area contributed by atoms with E-state index in [1.807, 2.05) is 0 Å². The fourth-order valence-electron chi connectivity index (χ4n) is 1.32. The van der Waals surface area contributed by atoms with Crippen LogP contribution in [0, 0.1) is 24.0 Å². The third-order valence-electron chi connectivity index (χ3n) is 2.00. The summed E-state index contributed by atoms with van der Waals surface area (Å²) in [6, 6.07) is 2.41. The number of nitrogens with zero attached hydrogens (tertiary/aromatic N) is 1. The highest BCUT2D eigenvalue weighted by Crippen LogP contribution is 2.24. The van der Waals surface area contributed by atoms with Crippen molar-refractivity contribution in [1.29, 1.82) is 0 Å². The number of rotatable bonds is 2. The number of sulfonamides is 1. The van der Waals surface area contributed by atoms with E-state index in [2.05, 4.69) is 0 Å². The predicted molar refractivity (Wildman–Crippen MR) is 53.9 cm³/mol. The minimum Gasteiger partial charge on any atom is -0.258 e. The number of aryl methyl sites for hydroxylation is 2. The molecule has 0 aromatic heterocycles. The molecule has 0 heterocycles. The average molecular weight is 230 g/mol. The van der Waals surface area contributed by atoms with Crippen LogP contribution in [0.4, 0.5) is 5.69 Å².